The maximum atomic E-state index is 12.1. The van der Waals surface area contributed by atoms with Gasteiger partial charge in [0.2, 0.25) is 0 Å². The summed E-state index contributed by atoms with van der Waals surface area (Å²) in [6.45, 7) is 0. The van der Waals surface area contributed by atoms with Gasteiger partial charge in [0.05, 0.1) is 21.3 Å². The van der Waals surface area contributed by atoms with Crippen molar-refractivity contribution in [2.75, 3.05) is 5.32 Å². The molecule has 0 saturated carbocycles. The Morgan fingerprint density at radius 1 is 1.05 bits per heavy atom. The molecule has 3 N–H and O–H groups in total. The van der Waals surface area contributed by atoms with Gasteiger partial charge in [-0.3, -0.25) is 4.79 Å². The summed E-state index contributed by atoms with van der Waals surface area (Å²) in [6.07, 6.45) is 0. The van der Waals surface area contributed by atoms with Crippen LogP contribution in [0.5, 0.6) is 0 Å². The number of carbonyl (C=O) groups excluding carboxylic acids is 1. The summed E-state index contributed by atoms with van der Waals surface area (Å²) in [5, 5.41) is 21.2. The van der Waals surface area contributed by atoms with Crippen LogP contribution < -0.4 is 10.8 Å². The van der Waals surface area contributed by atoms with Gasteiger partial charge in [-0.1, -0.05) is 41.4 Å². The molecule has 0 spiro atoms. The third-order valence-corrected chi connectivity index (χ3v) is 3.30. The molecule has 0 aliphatic carbocycles. The molecular formula is C13H10BCl2NO3. The van der Waals surface area contributed by atoms with Crippen molar-refractivity contribution in [3.05, 3.63) is 58.1 Å². The number of halogens is 2. The quantitative estimate of drug-likeness (QED) is 0.759. The van der Waals surface area contributed by atoms with Gasteiger partial charge in [-0.15, -0.1) is 0 Å². The molecule has 1 amide bonds. The zero-order valence-electron chi connectivity index (χ0n) is 10.2. The molecule has 0 unspecified atom stereocenters. The molecule has 0 bridgehead atoms. The predicted molar refractivity (Wildman–Crippen MR) is 80.7 cm³/mol. The standard InChI is InChI=1S/C13H10BCl2NO3/c15-10-3-1-2-4-12(10)17-13(18)9-6-5-8(14(19)20)7-11(9)16/h1-7,19-20H,(H,17,18). The van der Waals surface area contributed by atoms with Crippen LogP contribution in [-0.4, -0.2) is 23.1 Å². The third kappa shape index (κ3) is 3.32. The molecule has 0 heterocycles. The van der Waals surface area contributed by atoms with Crippen molar-refractivity contribution in [3.63, 3.8) is 0 Å². The highest BCUT2D eigenvalue weighted by molar-refractivity contribution is 6.59. The molecule has 2 aromatic carbocycles. The van der Waals surface area contributed by atoms with Crippen LogP contribution in [0.25, 0.3) is 0 Å². The summed E-state index contributed by atoms with van der Waals surface area (Å²) in [7, 11) is -1.63. The molecule has 0 fully saturated rings. The van der Waals surface area contributed by atoms with E-state index in [4.69, 9.17) is 33.2 Å². The van der Waals surface area contributed by atoms with Gasteiger partial charge in [0.15, 0.2) is 0 Å². The molecule has 4 nitrogen and oxygen atoms in total. The van der Waals surface area contributed by atoms with E-state index in [0.717, 1.165) is 0 Å². The lowest BCUT2D eigenvalue weighted by atomic mass is 9.80. The minimum Gasteiger partial charge on any atom is -0.423 e. The van der Waals surface area contributed by atoms with Gasteiger partial charge in [0, 0.05) is 0 Å². The van der Waals surface area contributed by atoms with Crippen LogP contribution >= 0.6 is 23.2 Å². The molecular weight excluding hydrogens is 300 g/mol. The normalized spacial score (nSPS) is 10.2. The highest BCUT2D eigenvalue weighted by Crippen LogP contribution is 2.22. The van der Waals surface area contributed by atoms with Crippen LogP contribution in [0.4, 0.5) is 5.69 Å². The van der Waals surface area contributed by atoms with Crippen molar-refractivity contribution in [1.29, 1.82) is 0 Å². The first kappa shape index (κ1) is 14.9. The fourth-order valence-electron chi connectivity index (χ4n) is 1.63. The van der Waals surface area contributed by atoms with E-state index in [1.165, 1.54) is 18.2 Å². The van der Waals surface area contributed by atoms with Crippen molar-refractivity contribution in [2.45, 2.75) is 0 Å². The molecule has 20 heavy (non-hydrogen) atoms. The predicted octanol–water partition coefficient (Wildman–Crippen LogP) is 1.93. The first-order valence-corrected chi connectivity index (χ1v) is 6.46. The van der Waals surface area contributed by atoms with Gasteiger partial charge in [0.1, 0.15) is 0 Å². The van der Waals surface area contributed by atoms with E-state index in [2.05, 4.69) is 5.32 Å². The van der Waals surface area contributed by atoms with Crippen molar-refractivity contribution in [3.8, 4) is 0 Å². The Morgan fingerprint density at radius 3 is 2.35 bits per heavy atom. The number of hydrogen-bond acceptors (Lipinski definition) is 3. The first-order valence-electron chi connectivity index (χ1n) is 5.70. The van der Waals surface area contributed by atoms with Crippen LogP contribution in [0.2, 0.25) is 10.0 Å². The number of anilines is 1. The number of carbonyl (C=O) groups is 1. The zero-order chi connectivity index (χ0) is 14.7. The molecule has 0 radical (unpaired) electrons. The number of para-hydroxylation sites is 1. The lowest BCUT2D eigenvalue weighted by Gasteiger charge is -2.09. The van der Waals surface area contributed by atoms with Gasteiger partial charge in [-0.25, -0.2) is 0 Å². The fraction of sp³-hybridized carbons (Fsp3) is 0. The van der Waals surface area contributed by atoms with E-state index in [0.29, 0.717) is 10.7 Å². The molecule has 102 valence electrons. The SMILES string of the molecule is O=C(Nc1ccccc1Cl)c1ccc(B(O)O)cc1Cl. The second-order valence-corrected chi connectivity index (χ2v) is 4.86. The zero-order valence-corrected chi connectivity index (χ0v) is 11.7. The Bertz CT molecular complexity index is 649. The van der Waals surface area contributed by atoms with Gasteiger partial charge in [-0.05, 0) is 29.7 Å². The Balaban J connectivity index is 2.24. The van der Waals surface area contributed by atoms with E-state index < -0.39 is 13.0 Å². The number of hydrogen-bond donors (Lipinski definition) is 3. The summed E-state index contributed by atoms with van der Waals surface area (Å²) < 4.78 is 0. The summed E-state index contributed by atoms with van der Waals surface area (Å²) in [6, 6.07) is 11.0. The van der Waals surface area contributed by atoms with Crippen molar-refractivity contribution >= 4 is 47.4 Å². The molecule has 0 aromatic heterocycles. The number of rotatable bonds is 3. The van der Waals surface area contributed by atoms with E-state index >= 15 is 0 Å². The van der Waals surface area contributed by atoms with Crippen molar-refractivity contribution in [2.24, 2.45) is 0 Å². The maximum Gasteiger partial charge on any atom is 0.488 e. The first-order chi connectivity index (χ1) is 9.49. The minimum absolute atomic E-state index is 0.125. The Kier molecular flexibility index (Phi) is 4.67. The minimum atomic E-state index is -1.63. The molecule has 0 aliphatic rings. The van der Waals surface area contributed by atoms with Crippen LogP contribution in [0, 0.1) is 0 Å². The van der Waals surface area contributed by atoms with Crippen molar-refractivity contribution in [1.82, 2.24) is 0 Å². The molecule has 2 rings (SSSR count). The molecule has 0 saturated heterocycles. The summed E-state index contributed by atoms with van der Waals surface area (Å²) in [4.78, 5) is 12.1. The van der Waals surface area contributed by atoms with Crippen LogP contribution in [0.1, 0.15) is 10.4 Å². The van der Waals surface area contributed by atoms with Crippen LogP contribution in [-0.2, 0) is 0 Å². The lowest BCUT2D eigenvalue weighted by molar-refractivity contribution is 0.102. The van der Waals surface area contributed by atoms with Gasteiger partial charge in [0.25, 0.3) is 5.91 Å². The topological polar surface area (TPSA) is 69.6 Å². The molecule has 0 aliphatic heterocycles. The Morgan fingerprint density at radius 2 is 1.75 bits per heavy atom. The molecule has 0 atom stereocenters. The van der Waals surface area contributed by atoms with Gasteiger partial charge >= 0.3 is 7.12 Å². The maximum absolute atomic E-state index is 12.1. The highest BCUT2D eigenvalue weighted by atomic mass is 35.5. The highest BCUT2D eigenvalue weighted by Gasteiger charge is 2.16. The van der Waals surface area contributed by atoms with E-state index in [-0.39, 0.29) is 16.0 Å². The summed E-state index contributed by atoms with van der Waals surface area (Å²) in [5.74, 6) is -0.429. The van der Waals surface area contributed by atoms with Crippen LogP contribution in [0.15, 0.2) is 42.5 Å². The summed E-state index contributed by atoms with van der Waals surface area (Å²) >= 11 is 11.9. The smallest absolute Gasteiger partial charge is 0.423 e. The monoisotopic (exact) mass is 309 g/mol. The fourth-order valence-corrected chi connectivity index (χ4v) is 2.09. The Hall–Kier alpha value is -1.53. The van der Waals surface area contributed by atoms with E-state index in [1.807, 2.05) is 0 Å². The van der Waals surface area contributed by atoms with Gasteiger partial charge < -0.3 is 15.4 Å². The van der Waals surface area contributed by atoms with E-state index in [1.54, 1.807) is 24.3 Å². The average molecular weight is 310 g/mol. The summed E-state index contributed by atoms with van der Waals surface area (Å²) in [5.41, 5.74) is 0.904. The van der Waals surface area contributed by atoms with Crippen LogP contribution in [0.3, 0.4) is 0 Å². The van der Waals surface area contributed by atoms with Crippen molar-refractivity contribution < 1.29 is 14.8 Å². The Labute approximate surface area is 126 Å². The van der Waals surface area contributed by atoms with E-state index in [9.17, 15) is 4.79 Å². The van der Waals surface area contributed by atoms with Gasteiger partial charge in [-0.2, -0.15) is 0 Å². The number of amides is 1. The average Bonchev–Trinajstić information content (AvgIpc) is 2.41. The number of nitrogens with one attached hydrogen (secondary N) is 1. The largest absolute Gasteiger partial charge is 0.488 e. The second-order valence-electron chi connectivity index (χ2n) is 4.05. The molecule has 2 aromatic rings. The lowest BCUT2D eigenvalue weighted by Crippen LogP contribution is -2.30. The second kappa shape index (κ2) is 6.28. The molecule has 7 heteroatoms. The number of benzene rings is 2. The third-order valence-electron chi connectivity index (χ3n) is 2.66.